The molecule has 0 atom stereocenters. The van der Waals surface area contributed by atoms with Crippen molar-refractivity contribution in [3.8, 4) is 0 Å². The zero-order valence-electron chi connectivity index (χ0n) is 11.5. The van der Waals surface area contributed by atoms with Crippen LogP contribution in [0.15, 0.2) is 28.7 Å². The highest BCUT2D eigenvalue weighted by Gasteiger charge is 2.30. The fraction of sp³-hybridized carbons (Fsp3) is 0.533. The van der Waals surface area contributed by atoms with Gasteiger partial charge in [0.2, 0.25) is 0 Å². The third-order valence-corrected chi connectivity index (χ3v) is 4.46. The first kappa shape index (κ1) is 14.5. The average Bonchev–Trinajstić information content (AvgIpc) is 2.39. The lowest BCUT2D eigenvalue weighted by molar-refractivity contribution is 0.00915. The number of benzene rings is 1. The van der Waals surface area contributed by atoms with Crippen molar-refractivity contribution in [2.45, 2.75) is 19.8 Å². The second-order valence-electron chi connectivity index (χ2n) is 5.56. The molecule has 2 rings (SSSR count). The highest BCUT2D eigenvalue weighted by molar-refractivity contribution is 9.10. The smallest absolute Gasteiger partial charge is 0.254 e. The standard InChI is InChI=1S/C15H20BrNO2/c1-15(7-9-19-10-8-15)11-17(2)14(18)12-5-3-4-6-13(12)16/h3-6H,7-11H2,1-2H3. The van der Waals surface area contributed by atoms with Gasteiger partial charge in [0.25, 0.3) is 5.91 Å². The second-order valence-corrected chi connectivity index (χ2v) is 6.42. The van der Waals surface area contributed by atoms with Crippen molar-refractivity contribution >= 4 is 21.8 Å². The number of carbonyl (C=O) groups is 1. The van der Waals surface area contributed by atoms with Gasteiger partial charge in [-0.05, 0) is 46.3 Å². The molecule has 1 heterocycles. The maximum atomic E-state index is 12.4. The van der Waals surface area contributed by atoms with Gasteiger partial charge in [0.15, 0.2) is 0 Å². The number of hydrogen-bond donors (Lipinski definition) is 0. The minimum atomic E-state index is 0.0696. The number of rotatable bonds is 3. The predicted molar refractivity (Wildman–Crippen MR) is 79.3 cm³/mol. The predicted octanol–water partition coefficient (Wildman–Crippen LogP) is 3.34. The third kappa shape index (κ3) is 3.57. The summed E-state index contributed by atoms with van der Waals surface area (Å²) in [6.45, 7) is 4.61. The summed E-state index contributed by atoms with van der Waals surface area (Å²) in [5.74, 6) is 0.0696. The van der Waals surface area contributed by atoms with E-state index in [4.69, 9.17) is 4.74 Å². The fourth-order valence-corrected chi connectivity index (χ4v) is 2.96. The molecule has 0 aromatic heterocycles. The highest BCUT2D eigenvalue weighted by Crippen LogP contribution is 2.31. The molecule has 0 unspecified atom stereocenters. The monoisotopic (exact) mass is 325 g/mol. The summed E-state index contributed by atoms with van der Waals surface area (Å²) in [6, 6.07) is 7.56. The van der Waals surface area contributed by atoms with Crippen molar-refractivity contribution in [2.24, 2.45) is 5.41 Å². The molecule has 0 saturated carbocycles. The Morgan fingerprint density at radius 3 is 2.63 bits per heavy atom. The van der Waals surface area contributed by atoms with Gasteiger partial charge in [0, 0.05) is 31.3 Å². The maximum Gasteiger partial charge on any atom is 0.254 e. The van der Waals surface area contributed by atoms with Crippen LogP contribution in [0.25, 0.3) is 0 Å². The molecule has 4 heteroatoms. The Morgan fingerprint density at radius 2 is 2.00 bits per heavy atom. The van der Waals surface area contributed by atoms with Crippen LogP contribution in [0.4, 0.5) is 0 Å². The molecule has 1 amide bonds. The number of amides is 1. The largest absolute Gasteiger partial charge is 0.381 e. The summed E-state index contributed by atoms with van der Waals surface area (Å²) in [4.78, 5) is 14.3. The molecule has 3 nitrogen and oxygen atoms in total. The summed E-state index contributed by atoms with van der Waals surface area (Å²) in [5, 5.41) is 0. The molecule has 1 fully saturated rings. The van der Waals surface area contributed by atoms with Crippen LogP contribution in [0.5, 0.6) is 0 Å². The highest BCUT2D eigenvalue weighted by atomic mass is 79.9. The number of halogens is 1. The van der Waals surface area contributed by atoms with E-state index in [-0.39, 0.29) is 11.3 Å². The zero-order valence-corrected chi connectivity index (χ0v) is 13.1. The van der Waals surface area contributed by atoms with Crippen molar-refractivity contribution < 1.29 is 9.53 Å². The number of ether oxygens (including phenoxy) is 1. The molecule has 0 bridgehead atoms. The molecule has 104 valence electrons. The lowest BCUT2D eigenvalue weighted by Crippen LogP contribution is -2.40. The lowest BCUT2D eigenvalue weighted by atomic mass is 9.82. The summed E-state index contributed by atoms with van der Waals surface area (Å²) in [7, 11) is 1.88. The third-order valence-electron chi connectivity index (χ3n) is 3.77. The van der Waals surface area contributed by atoms with Gasteiger partial charge in [-0.3, -0.25) is 4.79 Å². The maximum absolute atomic E-state index is 12.4. The van der Waals surface area contributed by atoms with E-state index in [1.165, 1.54) is 0 Å². The second kappa shape index (κ2) is 6.06. The van der Waals surface area contributed by atoms with Gasteiger partial charge in [-0.1, -0.05) is 19.1 Å². The first-order valence-electron chi connectivity index (χ1n) is 6.60. The Bertz CT molecular complexity index is 455. The molecule has 1 saturated heterocycles. The molecule has 19 heavy (non-hydrogen) atoms. The number of nitrogens with zero attached hydrogens (tertiary/aromatic N) is 1. The number of hydrogen-bond acceptors (Lipinski definition) is 2. The topological polar surface area (TPSA) is 29.5 Å². The van der Waals surface area contributed by atoms with Crippen LogP contribution in [-0.4, -0.2) is 37.6 Å². The molecule has 1 aliphatic heterocycles. The van der Waals surface area contributed by atoms with Crippen LogP contribution >= 0.6 is 15.9 Å². The van der Waals surface area contributed by atoms with Gasteiger partial charge in [-0.15, -0.1) is 0 Å². The quantitative estimate of drug-likeness (QED) is 0.853. The Hall–Kier alpha value is -0.870. The van der Waals surface area contributed by atoms with E-state index >= 15 is 0 Å². The van der Waals surface area contributed by atoms with Crippen LogP contribution in [0, 0.1) is 5.41 Å². The zero-order chi connectivity index (χ0) is 13.9. The van der Waals surface area contributed by atoms with Gasteiger partial charge in [-0.2, -0.15) is 0 Å². The van der Waals surface area contributed by atoms with Gasteiger partial charge in [0.1, 0.15) is 0 Å². The van der Waals surface area contributed by atoms with Crippen LogP contribution in [-0.2, 0) is 4.74 Å². The molecular weight excluding hydrogens is 306 g/mol. The molecule has 0 spiro atoms. The van der Waals surface area contributed by atoms with E-state index in [2.05, 4.69) is 22.9 Å². The normalized spacial score (nSPS) is 18.1. The minimum absolute atomic E-state index is 0.0696. The van der Waals surface area contributed by atoms with E-state index in [1.807, 2.05) is 36.2 Å². The van der Waals surface area contributed by atoms with Crippen LogP contribution in [0.1, 0.15) is 30.1 Å². The fourth-order valence-electron chi connectivity index (χ4n) is 2.51. The molecule has 1 aromatic rings. The van der Waals surface area contributed by atoms with Gasteiger partial charge in [-0.25, -0.2) is 0 Å². The van der Waals surface area contributed by atoms with Crippen LogP contribution in [0.2, 0.25) is 0 Å². The van der Waals surface area contributed by atoms with Gasteiger partial charge in [0.05, 0.1) is 5.56 Å². The van der Waals surface area contributed by atoms with Crippen LogP contribution < -0.4 is 0 Å². The molecule has 1 aromatic carbocycles. The lowest BCUT2D eigenvalue weighted by Gasteiger charge is -2.37. The molecule has 0 N–H and O–H groups in total. The molecule has 0 radical (unpaired) electrons. The summed E-state index contributed by atoms with van der Waals surface area (Å²) in [6.07, 6.45) is 2.03. The first-order valence-corrected chi connectivity index (χ1v) is 7.39. The summed E-state index contributed by atoms with van der Waals surface area (Å²) < 4.78 is 6.25. The van der Waals surface area contributed by atoms with Crippen molar-refractivity contribution in [3.63, 3.8) is 0 Å². The van der Waals surface area contributed by atoms with E-state index in [0.29, 0.717) is 0 Å². The Balaban J connectivity index is 2.05. The van der Waals surface area contributed by atoms with E-state index in [9.17, 15) is 4.79 Å². The Labute approximate surface area is 123 Å². The van der Waals surface area contributed by atoms with Crippen molar-refractivity contribution in [1.82, 2.24) is 4.90 Å². The summed E-state index contributed by atoms with van der Waals surface area (Å²) in [5.41, 5.74) is 0.893. The molecule has 0 aliphatic carbocycles. The summed E-state index contributed by atoms with van der Waals surface area (Å²) >= 11 is 3.44. The van der Waals surface area contributed by atoms with Gasteiger partial charge >= 0.3 is 0 Å². The van der Waals surface area contributed by atoms with Crippen molar-refractivity contribution in [1.29, 1.82) is 0 Å². The molecule has 1 aliphatic rings. The van der Waals surface area contributed by atoms with E-state index in [1.54, 1.807) is 0 Å². The van der Waals surface area contributed by atoms with Gasteiger partial charge < -0.3 is 9.64 Å². The number of carbonyl (C=O) groups excluding carboxylic acids is 1. The Kier molecular flexibility index (Phi) is 4.63. The van der Waals surface area contributed by atoms with E-state index < -0.39 is 0 Å². The minimum Gasteiger partial charge on any atom is -0.381 e. The average molecular weight is 326 g/mol. The van der Waals surface area contributed by atoms with E-state index in [0.717, 1.165) is 42.6 Å². The van der Waals surface area contributed by atoms with Crippen molar-refractivity contribution in [2.75, 3.05) is 26.8 Å². The Morgan fingerprint density at radius 1 is 1.37 bits per heavy atom. The SMILES string of the molecule is CN(CC1(C)CCOCC1)C(=O)c1ccccc1Br. The first-order chi connectivity index (χ1) is 9.02. The van der Waals surface area contributed by atoms with Crippen molar-refractivity contribution in [3.05, 3.63) is 34.3 Å². The van der Waals surface area contributed by atoms with Crippen LogP contribution in [0.3, 0.4) is 0 Å². The molecular formula is C15H20BrNO2.